The second kappa shape index (κ2) is 4.38. The van der Waals surface area contributed by atoms with E-state index in [9.17, 15) is 9.18 Å². The van der Waals surface area contributed by atoms with Crippen LogP contribution in [-0.4, -0.2) is 21.5 Å². The molecule has 1 amide bonds. The second-order valence-corrected chi connectivity index (χ2v) is 5.06. The van der Waals surface area contributed by atoms with E-state index < -0.39 is 5.82 Å². The van der Waals surface area contributed by atoms with Gasteiger partial charge in [-0.25, -0.2) is 9.37 Å². The van der Waals surface area contributed by atoms with Crippen molar-refractivity contribution in [3.63, 3.8) is 0 Å². The lowest BCUT2D eigenvalue weighted by molar-refractivity contribution is -0.121. The number of anilines is 1. The number of halogens is 2. The Morgan fingerprint density at radius 1 is 1.58 bits per heavy atom. The zero-order chi connectivity index (χ0) is 13.6. The molecular weight excluding hydrogens is 271 g/mol. The van der Waals surface area contributed by atoms with Crippen LogP contribution in [-0.2, 0) is 11.3 Å². The highest BCUT2D eigenvalue weighted by atomic mass is 35.5. The summed E-state index contributed by atoms with van der Waals surface area (Å²) in [6.07, 6.45) is 2.03. The molecule has 0 saturated heterocycles. The van der Waals surface area contributed by atoms with Gasteiger partial charge in [-0.3, -0.25) is 4.79 Å². The monoisotopic (exact) mass is 282 g/mol. The zero-order valence-electron chi connectivity index (χ0n) is 9.99. The third-order valence-corrected chi connectivity index (χ3v) is 3.35. The van der Waals surface area contributed by atoms with E-state index in [1.165, 1.54) is 16.7 Å². The number of amides is 1. The van der Waals surface area contributed by atoms with Crippen LogP contribution in [0.5, 0.6) is 0 Å². The first kappa shape index (κ1) is 12.2. The molecule has 0 spiro atoms. The summed E-state index contributed by atoms with van der Waals surface area (Å²) >= 11 is 5.74. The van der Waals surface area contributed by atoms with Crippen LogP contribution in [0.1, 0.15) is 12.8 Å². The normalized spacial score (nSPS) is 14.8. The van der Waals surface area contributed by atoms with Crippen LogP contribution in [0.25, 0.3) is 11.0 Å². The van der Waals surface area contributed by atoms with E-state index >= 15 is 0 Å². The molecule has 0 aliphatic heterocycles. The molecule has 1 heterocycles. The van der Waals surface area contributed by atoms with Gasteiger partial charge in [-0.15, -0.1) is 0 Å². The molecule has 19 heavy (non-hydrogen) atoms. The van der Waals surface area contributed by atoms with Crippen molar-refractivity contribution in [3.8, 4) is 0 Å². The van der Waals surface area contributed by atoms with Gasteiger partial charge in [0.15, 0.2) is 0 Å². The average Bonchev–Trinajstić information content (AvgIpc) is 3.09. The number of hydrogen-bond donors (Lipinski definition) is 2. The molecule has 1 fully saturated rings. The Bertz CT molecular complexity index is 665. The molecule has 2 aromatic rings. The highest BCUT2D eigenvalue weighted by Gasteiger charge is 2.24. The number of hydrogen-bond acceptors (Lipinski definition) is 3. The molecular formula is C12H12ClFN4O. The smallest absolute Gasteiger partial charge is 0.240 e. The zero-order valence-corrected chi connectivity index (χ0v) is 10.7. The van der Waals surface area contributed by atoms with E-state index in [1.54, 1.807) is 0 Å². The third kappa shape index (κ3) is 2.35. The quantitative estimate of drug-likeness (QED) is 0.900. The predicted molar refractivity (Wildman–Crippen MR) is 70.3 cm³/mol. The van der Waals surface area contributed by atoms with Crippen LogP contribution in [0.15, 0.2) is 12.1 Å². The highest BCUT2D eigenvalue weighted by molar-refractivity contribution is 6.31. The Morgan fingerprint density at radius 2 is 2.32 bits per heavy atom. The molecule has 0 radical (unpaired) electrons. The number of fused-ring (bicyclic) bond motifs is 1. The summed E-state index contributed by atoms with van der Waals surface area (Å²) in [6, 6.07) is 2.92. The number of rotatable bonds is 3. The first-order valence-corrected chi connectivity index (χ1v) is 6.32. The number of nitrogen functional groups attached to an aromatic ring is 1. The molecule has 1 aromatic carbocycles. The van der Waals surface area contributed by atoms with Gasteiger partial charge in [-0.05, 0) is 18.9 Å². The Labute approximate surface area is 113 Å². The molecule has 7 heteroatoms. The van der Waals surface area contributed by atoms with Gasteiger partial charge in [-0.2, -0.15) is 0 Å². The first-order chi connectivity index (χ1) is 9.04. The number of carbonyl (C=O) groups excluding carboxylic acids is 1. The molecule has 0 bridgehead atoms. The molecule has 1 saturated carbocycles. The number of nitrogens with zero attached hydrogens (tertiary/aromatic N) is 2. The van der Waals surface area contributed by atoms with E-state index in [0.717, 1.165) is 12.8 Å². The summed E-state index contributed by atoms with van der Waals surface area (Å²) in [6.45, 7) is 0.0563. The maximum absolute atomic E-state index is 13.3. The topological polar surface area (TPSA) is 72.9 Å². The van der Waals surface area contributed by atoms with Gasteiger partial charge in [0.2, 0.25) is 11.9 Å². The third-order valence-electron chi connectivity index (χ3n) is 3.06. The molecule has 0 unspecified atom stereocenters. The number of nitrogens with one attached hydrogen (secondary N) is 1. The van der Waals surface area contributed by atoms with Gasteiger partial charge in [0.1, 0.15) is 12.4 Å². The van der Waals surface area contributed by atoms with Crippen LogP contribution in [0.2, 0.25) is 5.02 Å². The minimum Gasteiger partial charge on any atom is -0.369 e. The molecule has 100 valence electrons. The van der Waals surface area contributed by atoms with Crippen molar-refractivity contribution < 1.29 is 9.18 Å². The van der Waals surface area contributed by atoms with Crippen molar-refractivity contribution in [2.24, 2.45) is 0 Å². The lowest BCUT2D eigenvalue weighted by atomic mass is 10.3. The van der Waals surface area contributed by atoms with Crippen LogP contribution in [0, 0.1) is 5.82 Å². The Balaban J connectivity index is 1.94. The number of carbonyl (C=O) groups is 1. The van der Waals surface area contributed by atoms with Crippen molar-refractivity contribution in [3.05, 3.63) is 23.0 Å². The van der Waals surface area contributed by atoms with E-state index in [1.807, 2.05) is 0 Å². The van der Waals surface area contributed by atoms with E-state index in [-0.39, 0.29) is 29.5 Å². The Hall–Kier alpha value is -1.82. The lowest BCUT2D eigenvalue weighted by Gasteiger charge is -2.07. The second-order valence-electron chi connectivity index (χ2n) is 4.65. The summed E-state index contributed by atoms with van der Waals surface area (Å²) in [5.74, 6) is -0.516. The van der Waals surface area contributed by atoms with Gasteiger partial charge in [0.05, 0.1) is 16.1 Å². The van der Waals surface area contributed by atoms with Gasteiger partial charge in [0.25, 0.3) is 0 Å². The Morgan fingerprint density at radius 3 is 3.00 bits per heavy atom. The SMILES string of the molecule is Nc1nc2cc(F)c(Cl)cc2n1CC(=O)NC1CC1. The van der Waals surface area contributed by atoms with E-state index in [4.69, 9.17) is 17.3 Å². The Kier molecular flexibility index (Phi) is 2.82. The number of nitrogens with two attached hydrogens (primary N) is 1. The minimum absolute atomic E-state index is 0.0174. The highest BCUT2D eigenvalue weighted by Crippen LogP contribution is 2.25. The summed E-state index contributed by atoms with van der Waals surface area (Å²) < 4.78 is 14.9. The fraction of sp³-hybridized carbons (Fsp3) is 0.333. The fourth-order valence-electron chi connectivity index (χ4n) is 1.95. The standard InChI is InChI=1S/C12H12ClFN4O/c13-7-3-10-9(4-8(7)14)17-12(15)18(10)5-11(19)16-6-1-2-6/h3-4,6H,1-2,5H2,(H2,15,17)(H,16,19). The van der Waals surface area contributed by atoms with E-state index in [2.05, 4.69) is 10.3 Å². The van der Waals surface area contributed by atoms with Crippen LogP contribution in [0.4, 0.5) is 10.3 Å². The molecule has 1 aromatic heterocycles. The summed E-state index contributed by atoms with van der Waals surface area (Å²) in [7, 11) is 0. The summed E-state index contributed by atoms with van der Waals surface area (Å²) in [5, 5.41) is 2.84. The maximum Gasteiger partial charge on any atom is 0.240 e. The number of imidazole rings is 1. The van der Waals surface area contributed by atoms with Crippen molar-refractivity contribution in [2.45, 2.75) is 25.4 Å². The molecule has 1 aliphatic rings. The number of aromatic nitrogens is 2. The molecule has 0 atom stereocenters. The van der Waals surface area contributed by atoms with Gasteiger partial charge >= 0.3 is 0 Å². The molecule has 5 nitrogen and oxygen atoms in total. The van der Waals surface area contributed by atoms with Gasteiger partial charge < -0.3 is 15.6 Å². The fourth-order valence-corrected chi connectivity index (χ4v) is 2.11. The van der Waals surface area contributed by atoms with Crippen LogP contribution >= 0.6 is 11.6 Å². The van der Waals surface area contributed by atoms with Crippen molar-refractivity contribution in [2.75, 3.05) is 5.73 Å². The summed E-state index contributed by atoms with van der Waals surface area (Å²) in [4.78, 5) is 15.8. The maximum atomic E-state index is 13.3. The van der Waals surface area contributed by atoms with Gasteiger partial charge in [-0.1, -0.05) is 11.6 Å². The molecule has 3 N–H and O–H groups in total. The van der Waals surface area contributed by atoms with Crippen LogP contribution in [0.3, 0.4) is 0 Å². The summed E-state index contributed by atoms with van der Waals surface area (Å²) in [5.41, 5.74) is 6.69. The minimum atomic E-state index is -0.554. The average molecular weight is 283 g/mol. The van der Waals surface area contributed by atoms with Crippen molar-refractivity contribution in [1.82, 2.24) is 14.9 Å². The predicted octanol–water partition coefficient (Wildman–Crippen LogP) is 1.69. The van der Waals surface area contributed by atoms with Crippen molar-refractivity contribution in [1.29, 1.82) is 0 Å². The lowest BCUT2D eigenvalue weighted by Crippen LogP contribution is -2.29. The number of benzene rings is 1. The van der Waals surface area contributed by atoms with E-state index in [0.29, 0.717) is 11.0 Å². The van der Waals surface area contributed by atoms with Crippen molar-refractivity contribution >= 4 is 34.5 Å². The first-order valence-electron chi connectivity index (χ1n) is 5.94. The molecule has 1 aliphatic carbocycles. The van der Waals surface area contributed by atoms with Gasteiger partial charge in [0, 0.05) is 12.1 Å². The van der Waals surface area contributed by atoms with Crippen LogP contribution < -0.4 is 11.1 Å². The molecule has 3 rings (SSSR count). The largest absolute Gasteiger partial charge is 0.369 e.